The lowest BCUT2D eigenvalue weighted by molar-refractivity contribution is -0.138. The molecule has 12 heteroatoms. The highest BCUT2D eigenvalue weighted by Crippen LogP contribution is 2.36. The van der Waals surface area contributed by atoms with Gasteiger partial charge >= 0.3 is 12.1 Å². The van der Waals surface area contributed by atoms with E-state index in [1.165, 1.54) is 18.1 Å². The van der Waals surface area contributed by atoms with E-state index in [4.69, 9.17) is 21.3 Å². The van der Waals surface area contributed by atoms with Crippen molar-refractivity contribution in [3.63, 3.8) is 0 Å². The number of halogens is 2. The number of esters is 1. The van der Waals surface area contributed by atoms with Crippen LogP contribution in [0.3, 0.4) is 0 Å². The van der Waals surface area contributed by atoms with Gasteiger partial charge < -0.3 is 25.0 Å². The second-order valence-electron chi connectivity index (χ2n) is 10.9. The van der Waals surface area contributed by atoms with Crippen molar-refractivity contribution in [3.8, 4) is 11.3 Å². The van der Waals surface area contributed by atoms with Gasteiger partial charge in [-0.25, -0.2) is 14.2 Å². The van der Waals surface area contributed by atoms with Crippen molar-refractivity contribution in [1.82, 2.24) is 19.8 Å². The number of carbonyl (C=O) groups is 2. The fourth-order valence-electron chi connectivity index (χ4n) is 5.12. The van der Waals surface area contributed by atoms with Gasteiger partial charge in [-0.3, -0.25) is 14.8 Å². The van der Waals surface area contributed by atoms with Gasteiger partial charge in [0.05, 0.1) is 34.8 Å². The van der Waals surface area contributed by atoms with Crippen molar-refractivity contribution in [2.45, 2.75) is 52.6 Å². The summed E-state index contributed by atoms with van der Waals surface area (Å²) in [4.78, 5) is 41.5. The van der Waals surface area contributed by atoms with Crippen LogP contribution in [0.5, 0.6) is 0 Å². The monoisotopic (exact) mass is 610 g/mol. The van der Waals surface area contributed by atoms with Crippen molar-refractivity contribution in [1.29, 1.82) is 0 Å². The molecule has 0 bridgehead atoms. The molecule has 1 aromatic carbocycles. The summed E-state index contributed by atoms with van der Waals surface area (Å²) in [5, 5.41) is 13.3. The number of amides is 1. The molecule has 228 valence electrons. The molecule has 0 unspecified atom stereocenters. The number of anilines is 2. The maximum absolute atomic E-state index is 15.0. The average Bonchev–Trinajstić information content (AvgIpc) is 2.96. The molecule has 0 spiro atoms. The number of benzene rings is 1. The highest BCUT2D eigenvalue weighted by atomic mass is 35.5. The number of pyridine rings is 2. The minimum Gasteiger partial charge on any atom is -0.468 e. The molecular formula is C31H36ClFN6O4. The first kappa shape index (κ1) is 31.7. The molecule has 2 N–H and O–H groups in total. The SMILES string of the molecule is COC(=O)CN=C(c1cc(Cl)c(-c2ccccc2F)nc1Nc1c(C)ccnc1C(C)C)N1C[C@@H](C)N(C(=O)O)C[C@@H]1C. The number of aromatic nitrogens is 2. The number of ether oxygens (including phenoxy) is 1. The molecule has 1 saturated heterocycles. The number of nitrogens with one attached hydrogen (secondary N) is 1. The van der Waals surface area contributed by atoms with Crippen LogP contribution in [0.25, 0.3) is 11.3 Å². The number of rotatable bonds is 7. The van der Waals surface area contributed by atoms with Crippen molar-refractivity contribution < 1.29 is 23.8 Å². The zero-order valence-corrected chi connectivity index (χ0v) is 25.8. The van der Waals surface area contributed by atoms with Crippen molar-refractivity contribution in [2.75, 3.05) is 32.1 Å². The Balaban J connectivity index is 1.96. The molecule has 1 amide bonds. The molecule has 3 heterocycles. The fraction of sp³-hybridized carbons (Fsp3) is 0.387. The Hall–Kier alpha value is -4.25. The van der Waals surface area contributed by atoms with Gasteiger partial charge in [0.1, 0.15) is 24.0 Å². The number of methoxy groups -OCH3 is 1. The molecule has 0 saturated carbocycles. The van der Waals surface area contributed by atoms with E-state index in [0.717, 1.165) is 16.9 Å². The number of carbonyl (C=O) groups excluding carboxylic acids is 1. The standard InChI is InChI=1S/C31H36ClFN6O4/c1-17(2)26-27(18(3)11-12-34-26)36-29-22(13-23(32)28(37-29)21-9-7-8-10-24(21)33)30(35-14-25(40)43-6)38-15-20(5)39(31(41)42)16-19(38)4/h7-13,17,19-20H,14-16H2,1-6H3,(H,36,37)(H,41,42)/t19-,20+/m0/s1. The van der Waals surface area contributed by atoms with Crippen molar-refractivity contribution in [3.05, 3.63) is 70.3 Å². The van der Waals surface area contributed by atoms with Crippen molar-refractivity contribution >= 4 is 41.0 Å². The Labute approximate surface area is 255 Å². The van der Waals surface area contributed by atoms with Crippen molar-refractivity contribution in [2.24, 2.45) is 4.99 Å². The smallest absolute Gasteiger partial charge is 0.407 e. The summed E-state index contributed by atoms with van der Waals surface area (Å²) < 4.78 is 19.8. The lowest BCUT2D eigenvalue weighted by Crippen LogP contribution is -2.59. The van der Waals surface area contributed by atoms with E-state index < -0.39 is 17.9 Å². The minimum atomic E-state index is -1.01. The van der Waals surface area contributed by atoms with Crippen LogP contribution in [0, 0.1) is 12.7 Å². The molecule has 3 aromatic rings. The number of nitrogens with zero attached hydrogens (tertiary/aromatic N) is 5. The van der Waals surface area contributed by atoms with E-state index in [2.05, 4.69) is 15.3 Å². The van der Waals surface area contributed by atoms with E-state index in [9.17, 15) is 19.1 Å². The van der Waals surface area contributed by atoms with Gasteiger partial charge in [-0.2, -0.15) is 0 Å². The first-order valence-electron chi connectivity index (χ1n) is 14.0. The molecule has 1 fully saturated rings. The Bertz CT molecular complexity index is 1550. The summed E-state index contributed by atoms with van der Waals surface area (Å²) in [6.45, 7) is 9.92. The largest absolute Gasteiger partial charge is 0.468 e. The topological polar surface area (TPSA) is 120 Å². The van der Waals surface area contributed by atoms with Crippen LogP contribution in [0.2, 0.25) is 5.02 Å². The maximum atomic E-state index is 15.0. The molecule has 0 aliphatic carbocycles. The van der Waals surface area contributed by atoms with Gasteiger partial charge in [0.25, 0.3) is 0 Å². The number of hydrogen-bond donors (Lipinski definition) is 2. The Morgan fingerprint density at radius 3 is 2.51 bits per heavy atom. The molecule has 43 heavy (non-hydrogen) atoms. The Morgan fingerprint density at radius 1 is 1.19 bits per heavy atom. The fourth-order valence-corrected chi connectivity index (χ4v) is 5.37. The third-order valence-corrected chi connectivity index (χ3v) is 7.70. The van der Waals surface area contributed by atoms with Gasteiger partial charge in [-0.05, 0) is 56.5 Å². The second kappa shape index (κ2) is 13.4. The Kier molecular flexibility index (Phi) is 9.85. The minimum absolute atomic E-state index is 0.0709. The molecular weight excluding hydrogens is 575 g/mol. The van der Waals surface area contributed by atoms with Gasteiger partial charge in [0.2, 0.25) is 0 Å². The molecule has 2 aromatic heterocycles. The highest BCUT2D eigenvalue weighted by molar-refractivity contribution is 6.33. The number of aryl methyl sites for hydroxylation is 1. The third-order valence-electron chi connectivity index (χ3n) is 7.41. The number of aliphatic imine (C=N–C) groups is 1. The number of piperazine rings is 1. The summed E-state index contributed by atoms with van der Waals surface area (Å²) in [6.07, 6.45) is 0.729. The van der Waals surface area contributed by atoms with Crippen LogP contribution in [0.15, 0.2) is 47.6 Å². The predicted octanol–water partition coefficient (Wildman–Crippen LogP) is 6.10. The van der Waals surface area contributed by atoms with E-state index in [1.807, 2.05) is 45.6 Å². The quantitative estimate of drug-likeness (QED) is 0.187. The van der Waals surface area contributed by atoms with E-state index in [0.29, 0.717) is 23.8 Å². The predicted molar refractivity (Wildman–Crippen MR) is 165 cm³/mol. The van der Waals surface area contributed by atoms with Gasteiger partial charge in [-0.15, -0.1) is 0 Å². The lowest BCUT2D eigenvalue weighted by Gasteiger charge is -2.44. The van der Waals surface area contributed by atoms with Crippen LogP contribution in [0.4, 0.5) is 20.7 Å². The second-order valence-corrected chi connectivity index (χ2v) is 11.3. The normalized spacial score (nSPS) is 17.3. The van der Waals surface area contributed by atoms with E-state index in [-0.39, 0.29) is 47.4 Å². The zero-order valence-electron chi connectivity index (χ0n) is 25.1. The summed E-state index contributed by atoms with van der Waals surface area (Å²) in [5.74, 6) is -0.266. The molecule has 1 aliphatic heterocycles. The maximum Gasteiger partial charge on any atom is 0.407 e. The summed E-state index contributed by atoms with van der Waals surface area (Å²) in [5.41, 5.74) is 3.36. The number of amidine groups is 1. The molecule has 2 atom stereocenters. The van der Waals surface area contributed by atoms with Crippen LogP contribution in [-0.4, -0.2) is 81.6 Å². The summed E-state index contributed by atoms with van der Waals surface area (Å²) in [6, 6.07) is 9.07. The van der Waals surface area contributed by atoms with Crippen LogP contribution >= 0.6 is 11.6 Å². The third kappa shape index (κ3) is 6.88. The molecule has 1 aliphatic rings. The first-order chi connectivity index (χ1) is 20.4. The van der Waals surface area contributed by atoms with Gasteiger partial charge in [0, 0.05) is 36.9 Å². The number of carboxylic acid groups (broad SMARTS) is 1. The average molecular weight is 611 g/mol. The molecule has 10 nitrogen and oxygen atoms in total. The lowest BCUT2D eigenvalue weighted by atomic mass is 10.0. The van der Waals surface area contributed by atoms with Gasteiger partial charge in [0.15, 0.2) is 0 Å². The zero-order chi connectivity index (χ0) is 31.4. The highest BCUT2D eigenvalue weighted by Gasteiger charge is 2.35. The Morgan fingerprint density at radius 2 is 1.86 bits per heavy atom. The van der Waals surface area contributed by atoms with E-state index in [1.54, 1.807) is 30.5 Å². The van der Waals surface area contributed by atoms with E-state index >= 15 is 0 Å². The van der Waals surface area contributed by atoms with Gasteiger partial charge in [-0.1, -0.05) is 37.6 Å². The molecule has 4 rings (SSSR count). The van der Waals surface area contributed by atoms with Crippen LogP contribution in [-0.2, 0) is 9.53 Å². The first-order valence-corrected chi connectivity index (χ1v) is 14.4. The van der Waals surface area contributed by atoms with Crippen LogP contribution < -0.4 is 5.32 Å². The molecule has 0 radical (unpaired) electrons. The summed E-state index contributed by atoms with van der Waals surface area (Å²) >= 11 is 6.81. The number of hydrogen-bond acceptors (Lipinski definition) is 7. The summed E-state index contributed by atoms with van der Waals surface area (Å²) in [7, 11) is 1.28. The van der Waals surface area contributed by atoms with Crippen LogP contribution in [0.1, 0.15) is 50.4 Å².